The van der Waals surface area contributed by atoms with E-state index in [1.807, 2.05) is 25.3 Å². The number of hydrogen-bond donors (Lipinski definition) is 1. The molecular weight excluding hydrogens is 429 g/mol. The average molecular weight is 456 g/mol. The van der Waals surface area contributed by atoms with Crippen LogP contribution in [-0.2, 0) is 23.1 Å². The predicted molar refractivity (Wildman–Crippen MR) is 114 cm³/mol. The van der Waals surface area contributed by atoms with Crippen molar-refractivity contribution >= 4 is 42.1 Å². The fraction of sp³-hybridized carbons (Fsp3) is 0.667. The number of nitrogen functional groups attached to an aromatic ring is 1. The molecule has 10 nitrogen and oxygen atoms in total. The normalized spacial score (nSPS) is 20.0. The Bertz CT molecular complexity index is 908. The van der Waals surface area contributed by atoms with Gasteiger partial charge in [-0.2, -0.15) is 0 Å². The number of carbonyl (C=O) groups is 1. The van der Waals surface area contributed by atoms with Crippen molar-refractivity contribution in [3.05, 3.63) is 12.7 Å². The molecule has 3 atom stereocenters. The fourth-order valence-corrected chi connectivity index (χ4v) is 4.48. The van der Waals surface area contributed by atoms with Crippen molar-refractivity contribution in [2.24, 2.45) is 5.41 Å². The second kappa shape index (κ2) is 10.1. The molecule has 12 heteroatoms. The van der Waals surface area contributed by atoms with Crippen molar-refractivity contribution in [2.45, 2.75) is 52.4 Å². The van der Waals surface area contributed by atoms with Gasteiger partial charge in [0.15, 0.2) is 16.6 Å². The second-order valence-corrected chi connectivity index (χ2v) is 9.63. The molecule has 1 saturated heterocycles. The van der Waals surface area contributed by atoms with Crippen LogP contribution in [0.5, 0.6) is 0 Å². The quantitative estimate of drug-likeness (QED) is 0.419. The Kier molecular flexibility index (Phi) is 7.75. The van der Waals surface area contributed by atoms with Gasteiger partial charge in [-0.1, -0.05) is 32.5 Å². The second-order valence-electron chi connectivity index (χ2n) is 7.60. The van der Waals surface area contributed by atoms with Crippen LogP contribution in [0.3, 0.4) is 0 Å². The minimum atomic E-state index is -2.26. The van der Waals surface area contributed by atoms with Gasteiger partial charge in [-0.25, -0.2) is 15.0 Å². The van der Waals surface area contributed by atoms with Gasteiger partial charge in [-0.15, -0.1) is 9.05 Å². The lowest BCUT2D eigenvalue weighted by atomic mass is 9.92. The number of thioether (sulfide) groups is 1. The summed E-state index contributed by atoms with van der Waals surface area (Å²) in [7, 11) is -2.26. The van der Waals surface area contributed by atoms with Gasteiger partial charge in [0.25, 0.3) is 0 Å². The van der Waals surface area contributed by atoms with E-state index in [0.717, 1.165) is 19.3 Å². The number of rotatable bonds is 10. The predicted octanol–water partition coefficient (Wildman–Crippen LogP) is 3.47. The van der Waals surface area contributed by atoms with Crippen LogP contribution < -0.4 is 5.73 Å². The Morgan fingerprint density at radius 2 is 2.17 bits per heavy atom. The minimum absolute atomic E-state index is 0.106. The Hall–Kier alpha value is -1.65. The maximum Gasteiger partial charge on any atom is 0.697 e. The van der Waals surface area contributed by atoms with Crippen LogP contribution in [-0.4, -0.2) is 49.7 Å². The molecule has 30 heavy (non-hydrogen) atoms. The van der Waals surface area contributed by atoms with Gasteiger partial charge in [-0.05, 0) is 19.3 Å². The Labute approximate surface area is 180 Å². The highest BCUT2D eigenvalue weighted by molar-refractivity contribution is 8.13. The molecule has 1 fully saturated rings. The van der Waals surface area contributed by atoms with Crippen molar-refractivity contribution in [3.8, 4) is 0 Å². The monoisotopic (exact) mass is 456 g/mol. The van der Waals surface area contributed by atoms with Gasteiger partial charge in [0.1, 0.15) is 31.3 Å². The van der Waals surface area contributed by atoms with Gasteiger partial charge >= 0.3 is 8.25 Å². The number of anilines is 1. The molecule has 1 unspecified atom stereocenters. The van der Waals surface area contributed by atoms with E-state index in [1.165, 1.54) is 18.1 Å². The third-order valence-corrected chi connectivity index (χ3v) is 7.04. The zero-order valence-corrected chi connectivity index (χ0v) is 19.0. The van der Waals surface area contributed by atoms with Crippen LogP contribution in [0.15, 0.2) is 12.7 Å². The smallest absolute Gasteiger partial charge is 0.382 e. The van der Waals surface area contributed by atoms with Gasteiger partial charge in [0.2, 0.25) is 0 Å². The van der Waals surface area contributed by atoms with Crippen molar-refractivity contribution in [3.63, 3.8) is 0 Å². The fourth-order valence-electron chi connectivity index (χ4n) is 2.86. The number of fused-ring (bicyclic) bond motifs is 1. The van der Waals surface area contributed by atoms with Gasteiger partial charge in [0, 0.05) is 15.7 Å². The Morgan fingerprint density at radius 1 is 1.37 bits per heavy atom. The standard InChI is InChI=1S/C18H27N5O5PS/c1-4-18(2,3)17(24)30-8-7-26-29(25)27-9-12-5-6-13(28-12)23-11-22-14-15(19)20-10-21-16(14)23/h10-13H,4-9H2,1-3H3,(H2,19,20,21)/q+1/t12-,13+/m1/s1. The van der Waals surface area contributed by atoms with Crippen molar-refractivity contribution in [1.29, 1.82) is 0 Å². The van der Waals surface area contributed by atoms with E-state index >= 15 is 0 Å². The van der Waals surface area contributed by atoms with Crippen LogP contribution in [0.4, 0.5) is 5.82 Å². The minimum Gasteiger partial charge on any atom is -0.382 e. The molecule has 0 bridgehead atoms. The summed E-state index contributed by atoms with van der Waals surface area (Å²) in [5.74, 6) is 0.761. The van der Waals surface area contributed by atoms with Crippen molar-refractivity contribution < 1.29 is 23.1 Å². The third kappa shape index (κ3) is 5.53. The number of nitrogens with two attached hydrogens (primary N) is 1. The van der Waals surface area contributed by atoms with E-state index in [9.17, 15) is 9.36 Å². The summed E-state index contributed by atoms with van der Waals surface area (Å²) in [5, 5.41) is 0.106. The van der Waals surface area contributed by atoms with E-state index in [4.69, 9.17) is 19.5 Å². The van der Waals surface area contributed by atoms with E-state index < -0.39 is 8.25 Å². The summed E-state index contributed by atoms with van der Waals surface area (Å²) in [6.07, 6.45) is 4.82. The van der Waals surface area contributed by atoms with Crippen LogP contribution in [0.25, 0.3) is 11.2 Å². The van der Waals surface area contributed by atoms with Gasteiger partial charge in [-0.3, -0.25) is 9.36 Å². The molecule has 0 amide bonds. The summed E-state index contributed by atoms with van der Waals surface area (Å²) in [4.78, 5) is 24.4. The maximum atomic E-state index is 12.0. The average Bonchev–Trinajstić information content (AvgIpc) is 3.36. The number of ether oxygens (including phenoxy) is 1. The number of aromatic nitrogens is 4. The Balaban J connectivity index is 1.38. The first-order valence-electron chi connectivity index (χ1n) is 9.80. The number of nitrogens with zero attached hydrogens (tertiary/aromatic N) is 4. The van der Waals surface area contributed by atoms with Gasteiger partial charge < -0.3 is 10.5 Å². The molecule has 2 N–H and O–H groups in total. The molecule has 1 aliphatic heterocycles. The molecule has 1 aliphatic rings. The zero-order valence-electron chi connectivity index (χ0n) is 17.3. The highest BCUT2D eigenvalue weighted by Crippen LogP contribution is 2.33. The van der Waals surface area contributed by atoms with Crippen molar-refractivity contribution in [1.82, 2.24) is 19.5 Å². The van der Waals surface area contributed by atoms with Gasteiger partial charge in [0.05, 0.1) is 12.4 Å². The van der Waals surface area contributed by atoms with E-state index in [1.54, 1.807) is 6.33 Å². The lowest BCUT2D eigenvalue weighted by Crippen LogP contribution is -2.20. The van der Waals surface area contributed by atoms with Crippen molar-refractivity contribution in [2.75, 3.05) is 24.7 Å². The molecule has 0 saturated carbocycles. The molecule has 0 radical (unpaired) electrons. The highest BCUT2D eigenvalue weighted by Gasteiger charge is 2.32. The van der Waals surface area contributed by atoms with E-state index in [2.05, 4.69) is 15.0 Å². The maximum absolute atomic E-state index is 12.0. The van der Waals surface area contributed by atoms with Crippen LogP contribution in [0, 0.1) is 5.41 Å². The summed E-state index contributed by atoms with van der Waals surface area (Å²) >= 11 is 1.19. The number of imidazole rings is 1. The molecule has 164 valence electrons. The van der Waals surface area contributed by atoms with E-state index in [-0.39, 0.29) is 36.1 Å². The first-order valence-corrected chi connectivity index (χ1v) is 11.9. The van der Waals surface area contributed by atoms with E-state index in [0.29, 0.717) is 22.7 Å². The van der Waals surface area contributed by atoms with Crippen LogP contribution in [0.1, 0.15) is 46.3 Å². The number of carbonyl (C=O) groups excluding carboxylic acids is 1. The first kappa shape index (κ1) is 23.0. The lowest BCUT2D eigenvalue weighted by Gasteiger charge is -2.19. The molecular formula is C18H27N5O5PS+. The SMILES string of the molecule is CCC(C)(C)C(=O)SCCO[P+](=O)OC[C@H]1CC[C@@H](n2cnc3c(N)ncnc32)O1. The third-order valence-electron chi connectivity index (χ3n) is 5.10. The largest absolute Gasteiger partial charge is 0.697 e. The Morgan fingerprint density at radius 3 is 2.93 bits per heavy atom. The van der Waals surface area contributed by atoms with Crippen LogP contribution >= 0.6 is 20.0 Å². The van der Waals surface area contributed by atoms with Crippen LogP contribution in [0.2, 0.25) is 0 Å². The highest BCUT2D eigenvalue weighted by atomic mass is 32.2. The summed E-state index contributed by atoms with van der Waals surface area (Å²) in [6, 6.07) is 0. The molecule has 3 heterocycles. The summed E-state index contributed by atoms with van der Waals surface area (Å²) in [5.41, 5.74) is 6.60. The molecule has 0 aliphatic carbocycles. The summed E-state index contributed by atoms with van der Waals surface area (Å²) in [6.45, 7) is 6.15. The molecule has 0 aromatic carbocycles. The molecule has 2 aromatic heterocycles. The number of hydrogen-bond acceptors (Lipinski definition) is 10. The zero-order chi connectivity index (χ0) is 21.7. The topological polar surface area (TPSA) is 131 Å². The molecule has 0 spiro atoms. The first-order chi connectivity index (χ1) is 14.3. The molecule has 2 aromatic rings. The lowest BCUT2D eigenvalue weighted by molar-refractivity contribution is -0.118. The molecule has 3 rings (SSSR count). The summed E-state index contributed by atoms with van der Waals surface area (Å²) < 4.78 is 30.2.